The van der Waals surface area contributed by atoms with Crippen LogP contribution in [0, 0.1) is 5.41 Å². The Labute approximate surface area is 355 Å². The monoisotopic (exact) mass is 879 g/mol. The molecule has 0 radical (unpaired) electrons. The molecule has 3 N–H and O–H groups in total. The second-order valence-electron chi connectivity index (χ2n) is 17.1. The Morgan fingerprint density at radius 3 is 2.53 bits per heavy atom. The number of carbonyl (C=O) groups is 2. The minimum atomic E-state index is -6.07. The summed E-state index contributed by atoms with van der Waals surface area (Å²) in [5.41, 5.74) is -3.83. The number of aromatic nitrogens is 4. The van der Waals surface area contributed by atoms with Gasteiger partial charge in [0.2, 0.25) is 5.91 Å². The van der Waals surface area contributed by atoms with Crippen LogP contribution in [-0.2, 0) is 52.4 Å². The Balaban J connectivity index is 1.19. The second kappa shape index (κ2) is 16.0. The van der Waals surface area contributed by atoms with Gasteiger partial charge in [-0.25, -0.2) is 18.4 Å². The maximum Gasteiger partial charge on any atom is 0.501 e. The van der Waals surface area contributed by atoms with E-state index in [0.29, 0.717) is 57.1 Å². The highest BCUT2D eigenvalue weighted by molar-refractivity contribution is 7.92. The van der Waals surface area contributed by atoms with Crippen LogP contribution in [-0.4, -0.2) is 106 Å². The summed E-state index contributed by atoms with van der Waals surface area (Å²) in [6.07, 6.45) is 6.05. The highest BCUT2D eigenvalue weighted by Crippen LogP contribution is 2.45. The molecule has 4 aromatic rings. The minimum absolute atomic E-state index is 0.0918. The van der Waals surface area contributed by atoms with Gasteiger partial charge in [0.15, 0.2) is 5.82 Å². The van der Waals surface area contributed by atoms with Crippen molar-refractivity contribution in [2.24, 2.45) is 12.5 Å². The maximum absolute atomic E-state index is 14.5. The maximum atomic E-state index is 14.5. The first-order chi connectivity index (χ1) is 29.3. The van der Waals surface area contributed by atoms with Crippen LogP contribution in [0.1, 0.15) is 54.5 Å². The number of carbonyl (C=O) groups excluding carboxylic acids is 2. The van der Waals surface area contributed by atoms with Gasteiger partial charge in [-0.05, 0) is 67.5 Å². The fraction of sp³-hybridized carbons (Fsp3) is 0.452. The molecular weight excluding hydrogens is 832 g/mol. The molecule has 2 fully saturated rings. The van der Waals surface area contributed by atoms with Crippen molar-refractivity contribution in [1.82, 2.24) is 24.0 Å². The number of halogens is 3. The summed E-state index contributed by atoms with van der Waals surface area (Å²) in [4.78, 5) is 53.8. The number of hydrogen-bond acceptors (Lipinski definition) is 12. The summed E-state index contributed by atoms with van der Waals surface area (Å²) in [5, 5.41) is 16.0. The van der Waals surface area contributed by atoms with E-state index in [2.05, 4.69) is 50.5 Å². The van der Waals surface area contributed by atoms with Crippen LogP contribution in [0.15, 0.2) is 59.0 Å². The summed E-state index contributed by atoms with van der Waals surface area (Å²) in [6.45, 7) is 11.9. The number of fused-ring (bicyclic) bond motifs is 3. The van der Waals surface area contributed by atoms with Crippen molar-refractivity contribution in [3.05, 3.63) is 82.2 Å². The van der Waals surface area contributed by atoms with Crippen LogP contribution in [0.5, 0.6) is 0 Å². The lowest BCUT2D eigenvalue weighted by Crippen LogP contribution is -2.60. The molecule has 62 heavy (non-hydrogen) atoms. The zero-order valence-electron chi connectivity index (χ0n) is 34.8. The first kappa shape index (κ1) is 43.1. The zero-order chi connectivity index (χ0) is 44.5. The summed E-state index contributed by atoms with van der Waals surface area (Å²) in [7, 11) is -4.65. The van der Waals surface area contributed by atoms with Gasteiger partial charge in [0, 0.05) is 80.7 Å². The smallest absolute Gasteiger partial charge is 0.392 e. The zero-order valence-corrected chi connectivity index (χ0v) is 35.6. The fourth-order valence-electron chi connectivity index (χ4n) is 9.03. The average Bonchev–Trinajstić information content (AvgIpc) is 3.61. The number of sulfone groups is 1. The molecule has 4 aliphatic rings. The summed E-state index contributed by atoms with van der Waals surface area (Å²) < 4.78 is 79.0. The van der Waals surface area contributed by atoms with E-state index in [1.165, 1.54) is 35.3 Å². The molecule has 3 aromatic heterocycles. The van der Waals surface area contributed by atoms with E-state index in [1.54, 1.807) is 13.0 Å². The average molecular weight is 880 g/mol. The molecule has 3 aliphatic heterocycles. The summed E-state index contributed by atoms with van der Waals surface area (Å²) >= 11 is 0. The molecule has 1 aliphatic carbocycles. The number of aryl methyl sites for hydroxylation is 1. The Morgan fingerprint density at radius 2 is 1.87 bits per heavy atom. The molecule has 2 saturated heterocycles. The van der Waals surface area contributed by atoms with Gasteiger partial charge < -0.3 is 34.5 Å². The topological polar surface area (TPSA) is 184 Å². The molecule has 1 unspecified atom stereocenters. The predicted molar refractivity (Wildman–Crippen MR) is 225 cm³/mol. The largest absolute Gasteiger partial charge is 0.501 e. The Kier molecular flexibility index (Phi) is 11.1. The Morgan fingerprint density at radius 1 is 1.11 bits per heavy atom. The number of hydrogen-bond donors (Lipinski definition) is 3. The van der Waals surface area contributed by atoms with E-state index >= 15 is 0 Å². The normalized spacial score (nSPS) is 19.4. The van der Waals surface area contributed by atoms with E-state index in [4.69, 9.17) is 4.74 Å². The SMILES string of the molecule is C=CC(=O)Nc1cc(Nc2nc(-c3ccnc(N4CCCn5c(cc6c5CC(C)(C)C6)C4=O)c3CO)cn(C)c2=O)cc(S(=O)(=O)C(F)(F)F)c1N1CCN(C2COC2)CC1C. The fourth-order valence-corrected chi connectivity index (χ4v) is 10.0. The molecule has 0 spiro atoms. The van der Waals surface area contributed by atoms with Gasteiger partial charge >= 0.3 is 5.51 Å². The first-order valence-corrected chi connectivity index (χ1v) is 21.8. The Bertz CT molecular complexity index is 2660. The molecular formula is C42H48F3N9O7S. The number of alkyl halides is 3. The molecule has 20 heteroatoms. The van der Waals surface area contributed by atoms with Gasteiger partial charge in [-0.2, -0.15) is 13.2 Å². The van der Waals surface area contributed by atoms with Crippen molar-refractivity contribution in [2.45, 2.75) is 75.7 Å². The van der Waals surface area contributed by atoms with Gasteiger partial charge in [0.25, 0.3) is 21.3 Å². The Hall–Kier alpha value is -5.57. The molecule has 2 amide bonds. The molecule has 1 aromatic carbocycles. The highest BCUT2D eigenvalue weighted by Gasteiger charge is 2.50. The van der Waals surface area contributed by atoms with Crippen LogP contribution in [0.25, 0.3) is 11.3 Å². The van der Waals surface area contributed by atoms with E-state index in [9.17, 15) is 41.1 Å². The number of aliphatic hydroxyl groups excluding tert-OH is 1. The van der Waals surface area contributed by atoms with E-state index < -0.39 is 50.2 Å². The molecule has 6 heterocycles. The van der Waals surface area contributed by atoms with Crippen molar-refractivity contribution in [1.29, 1.82) is 0 Å². The van der Waals surface area contributed by atoms with Crippen LogP contribution in [0.3, 0.4) is 0 Å². The third kappa shape index (κ3) is 7.66. The van der Waals surface area contributed by atoms with Crippen LogP contribution >= 0.6 is 0 Å². The van der Waals surface area contributed by atoms with Crippen LogP contribution in [0.4, 0.5) is 41.9 Å². The lowest BCUT2D eigenvalue weighted by molar-refractivity contribution is -0.111. The lowest BCUT2D eigenvalue weighted by atomic mass is 9.90. The number of benzene rings is 1. The molecule has 8 rings (SSSR count). The number of ether oxygens (including phenoxy) is 1. The van der Waals surface area contributed by atoms with E-state index in [-0.39, 0.29) is 58.0 Å². The molecule has 1 atom stereocenters. The molecule has 330 valence electrons. The first-order valence-electron chi connectivity index (χ1n) is 20.3. The summed E-state index contributed by atoms with van der Waals surface area (Å²) in [5.74, 6) is -1.31. The van der Waals surface area contributed by atoms with Crippen molar-refractivity contribution >= 4 is 50.3 Å². The van der Waals surface area contributed by atoms with Gasteiger partial charge in [-0.15, -0.1) is 0 Å². The number of nitrogens with zero attached hydrogens (tertiary/aromatic N) is 7. The van der Waals surface area contributed by atoms with Crippen LogP contribution < -0.4 is 26.0 Å². The van der Waals surface area contributed by atoms with E-state index in [1.807, 2.05) is 6.07 Å². The van der Waals surface area contributed by atoms with Gasteiger partial charge in [-0.3, -0.25) is 24.2 Å². The molecule has 0 bridgehead atoms. The molecule has 16 nitrogen and oxygen atoms in total. The quantitative estimate of drug-likeness (QED) is 0.192. The number of anilines is 5. The second-order valence-corrected chi connectivity index (χ2v) is 19.0. The number of amides is 2. The number of aliphatic hydroxyl groups is 1. The van der Waals surface area contributed by atoms with Gasteiger partial charge in [0.05, 0.1) is 42.9 Å². The van der Waals surface area contributed by atoms with Gasteiger partial charge in [0.1, 0.15) is 16.4 Å². The van der Waals surface area contributed by atoms with Crippen molar-refractivity contribution in [2.75, 3.05) is 59.8 Å². The molecule has 0 saturated carbocycles. The number of pyridine rings is 1. The minimum Gasteiger partial charge on any atom is -0.392 e. The number of nitrogens with one attached hydrogen (secondary N) is 2. The summed E-state index contributed by atoms with van der Waals surface area (Å²) in [6, 6.07) is 5.14. The highest BCUT2D eigenvalue weighted by atomic mass is 32.2. The van der Waals surface area contributed by atoms with Crippen LogP contribution in [0.2, 0.25) is 0 Å². The third-order valence-corrected chi connectivity index (χ3v) is 13.6. The number of rotatable bonds is 10. The number of piperazine rings is 1. The third-order valence-electron chi connectivity index (χ3n) is 12.1. The van der Waals surface area contributed by atoms with Crippen molar-refractivity contribution in [3.8, 4) is 11.3 Å². The predicted octanol–water partition coefficient (Wildman–Crippen LogP) is 4.38. The van der Waals surface area contributed by atoms with Crippen molar-refractivity contribution in [3.63, 3.8) is 0 Å². The van der Waals surface area contributed by atoms with Crippen molar-refractivity contribution < 1.29 is 41.0 Å². The standard InChI is InChI=1S/C42H48F3N9O7S/c1-6-35(56)48-30-15-26(16-34(62(59,60)42(43,44)45)36(30)52-13-12-51(19-24(52)2)27-22-61-23-27)47-37-40(58)50(5)20-31(49-37)28-8-9-46-38(29(28)21-55)54-11-7-10-53-32(39(54)57)14-25-17-41(3,4)18-33(25)53/h6,8-9,14-16,20,24,27,55H,1,7,10-13,17-19,21-23H2,2-5H3,(H,47,49)(H,48,56). The van der Waals surface area contributed by atoms with Gasteiger partial charge in [-0.1, -0.05) is 20.4 Å². The lowest BCUT2D eigenvalue weighted by Gasteiger charge is -2.47. The van der Waals surface area contributed by atoms with E-state index in [0.717, 1.165) is 40.8 Å².